The van der Waals surface area contributed by atoms with Gasteiger partial charge in [-0.05, 0) is 30.7 Å². The van der Waals surface area contributed by atoms with Gasteiger partial charge in [-0.2, -0.15) is 5.10 Å². The molecule has 0 saturated heterocycles. The first-order valence-corrected chi connectivity index (χ1v) is 6.65. The van der Waals surface area contributed by atoms with Gasteiger partial charge in [0.15, 0.2) is 0 Å². The Morgan fingerprint density at radius 1 is 1.33 bits per heavy atom. The van der Waals surface area contributed by atoms with Gasteiger partial charge < -0.3 is 10.1 Å². The molecule has 1 heterocycles. The van der Waals surface area contributed by atoms with Gasteiger partial charge >= 0.3 is 0 Å². The van der Waals surface area contributed by atoms with Crippen LogP contribution in [0, 0.1) is 0 Å². The van der Waals surface area contributed by atoms with E-state index >= 15 is 0 Å². The van der Waals surface area contributed by atoms with Crippen LogP contribution >= 0.6 is 0 Å². The highest BCUT2D eigenvalue weighted by Crippen LogP contribution is 2.12. The number of amides is 1. The highest BCUT2D eigenvalue weighted by atomic mass is 16.5. The molecule has 0 aliphatic carbocycles. The molecule has 1 N–H and O–H groups in total. The second-order valence-electron chi connectivity index (χ2n) is 4.43. The van der Waals surface area contributed by atoms with Crippen LogP contribution in [0.5, 0.6) is 5.75 Å². The number of nitrogens with one attached hydrogen (secondary N) is 1. The van der Waals surface area contributed by atoms with Crippen LogP contribution in [0.2, 0.25) is 0 Å². The number of rotatable bonds is 6. The number of carbonyl (C=O) groups excluding carboxylic acids is 1. The predicted octanol–water partition coefficient (Wildman–Crippen LogP) is 1.07. The molecule has 0 unspecified atom stereocenters. The Kier molecular flexibility index (Phi) is 5.09. The number of ether oxygens (including phenoxy) is 1. The lowest BCUT2D eigenvalue weighted by atomic mass is 10.2. The van der Waals surface area contributed by atoms with Crippen LogP contribution < -0.4 is 15.6 Å². The summed E-state index contributed by atoms with van der Waals surface area (Å²) in [5.74, 6) is 0.477. The first kappa shape index (κ1) is 14.8. The maximum atomic E-state index is 11.9. The van der Waals surface area contributed by atoms with E-state index in [1.807, 2.05) is 0 Å². The van der Waals surface area contributed by atoms with E-state index < -0.39 is 0 Å². The summed E-state index contributed by atoms with van der Waals surface area (Å²) in [6.45, 7) is 0.942. The largest absolute Gasteiger partial charge is 0.497 e. The predicted molar refractivity (Wildman–Crippen MR) is 78.4 cm³/mol. The van der Waals surface area contributed by atoms with Gasteiger partial charge in [-0.15, -0.1) is 0 Å². The molecule has 1 amide bonds. The zero-order chi connectivity index (χ0) is 15.1. The zero-order valence-electron chi connectivity index (χ0n) is 11.8. The van der Waals surface area contributed by atoms with E-state index in [1.165, 1.54) is 10.7 Å². The average molecular weight is 287 g/mol. The number of aromatic nitrogens is 2. The minimum Gasteiger partial charge on any atom is -0.497 e. The van der Waals surface area contributed by atoms with E-state index in [1.54, 1.807) is 43.6 Å². The van der Waals surface area contributed by atoms with Crippen molar-refractivity contribution >= 4 is 5.91 Å². The Labute approximate surface area is 122 Å². The molecule has 0 aliphatic heterocycles. The number of benzene rings is 1. The highest BCUT2D eigenvalue weighted by Gasteiger charge is 2.05. The van der Waals surface area contributed by atoms with Gasteiger partial charge in [-0.1, -0.05) is 6.07 Å². The monoisotopic (exact) mass is 287 g/mol. The average Bonchev–Trinajstić information content (AvgIpc) is 2.53. The Balaban J connectivity index is 1.82. The first-order valence-electron chi connectivity index (χ1n) is 6.65. The number of hydrogen-bond acceptors (Lipinski definition) is 4. The van der Waals surface area contributed by atoms with Crippen LogP contribution in [-0.4, -0.2) is 29.3 Å². The van der Waals surface area contributed by atoms with Crippen LogP contribution in [-0.2, 0) is 6.54 Å². The van der Waals surface area contributed by atoms with Crippen LogP contribution in [0.15, 0.2) is 47.4 Å². The molecule has 21 heavy (non-hydrogen) atoms. The molecule has 0 aliphatic rings. The Morgan fingerprint density at radius 3 is 2.95 bits per heavy atom. The van der Waals surface area contributed by atoms with Crippen molar-refractivity contribution in [1.82, 2.24) is 15.1 Å². The quantitative estimate of drug-likeness (QED) is 0.807. The summed E-state index contributed by atoms with van der Waals surface area (Å²) in [5.41, 5.74) is 0.404. The third-order valence-electron chi connectivity index (χ3n) is 2.95. The minimum atomic E-state index is -0.165. The van der Waals surface area contributed by atoms with Crippen molar-refractivity contribution in [2.75, 3.05) is 13.7 Å². The fraction of sp³-hybridized carbons (Fsp3) is 0.267. The maximum absolute atomic E-state index is 11.9. The second-order valence-corrected chi connectivity index (χ2v) is 4.43. The number of methoxy groups -OCH3 is 1. The molecule has 2 aromatic rings. The van der Waals surface area contributed by atoms with Crippen LogP contribution in [0.25, 0.3) is 0 Å². The lowest BCUT2D eigenvalue weighted by molar-refractivity contribution is 0.0952. The van der Waals surface area contributed by atoms with Crippen molar-refractivity contribution < 1.29 is 9.53 Å². The summed E-state index contributed by atoms with van der Waals surface area (Å²) in [6.07, 6.45) is 2.20. The number of carbonyl (C=O) groups is 1. The summed E-state index contributed by atoms with van der Waals surface area (Å²) < 4.78 is 6.45. The number of aryl methyl sites for hydroxylation is 1. The van der Waals surface area contributed by atoms with Crippen molar-refractivity contribution in [2.45, 2.75) is 13.0 Å². The van der Waals surface area contributed by atoms with Crippen molar-refractivity contribution in [3.63, 3.8) is 0 Å². The molecular formula is C15H17N3O3. The second kappa shape index (κ2) is 7.23. The normalized spacial score (nSPS) is 10.1. The fourth-order valence-corrected chi connectivity index (χ4v) is 1.85. The Bertz CT molecular complexity index is 667. The molecule has 0 spiro atoms. The maximum Gasteiger partial charge on any atom is 0.266 e. The van der Waals surface area contributed by atoms with Gasteiger partial charge in [0.1, 0.15) is 5.75 Å². The van der Waals surface area contributed by atoms with Crippen molar-refractivity contribution in [2.24, 2.45) is 0 Å². The van der Waals surface area contributed by atoms with Crippen molar-refractivity contribution in [3.05, 3.63) is 58.5 Å². The van der Waals surface area contributed by atoms with Crippen LogP contribution in [0.3, 0.4) is 0 Å². The van der Waals surface area contributed by atoms with E-state index in [4.69, 9.17) is 4.74 Å². The molecule has 0 bridgehead atoms. The van der Waals surface area contributed by atoms with E-state index in [-0.39, 0.29) is 11.5 Å². The fourth-order valence-electron chi connectivity index (χ4n) is 1.85. The zero-order valence-corrected chi connectivity index (χ0v) is 11.8. The van der Waals surface area contributed by atoms with Crippen LogP contribution in [0.1, 0.15) is 16.8 Å². The smallest absolute Gasteiger partial charge is 0.266 e. The SMILES string of the molecule is COc1cccc(C(=O)NCCCn2ncccc2=O)c1. The number of hydrogen-bond donors (Lipinski definition) is 1. The molecule has 110 valence electrons. The van der Waals surface area contributed by atoms with E-state index in [0.29, 0.717) is 30.8 Å². The molecule has 0 atom stereocenters. The van der Waals surface area contributed by atoms with Gasteiger partial charge in [0.2, 0.25) is 0 Å². The molecule has 0 fully saturated rings. The third kappa shape index (κ3) is 4.17. The van der Waals surface area contributed by atoms with Gasteiger partial charge in [0, 0.05) is 30.9 Å². The molecule has 0 saturated carbocycles. The molecule has 6 heteroatoms. The van der Waals surface area contributed by atoms with E-state index in [9.17, 15) is 9.59 Å². The molecule has 1 aromatic carbocycles. The lowest BCUT2D eigenvalue weighted by Crippen LogP contribution is -2.27. The van der Waals surface area contributed by atoms with Gasteiger partial charge in [0.25, 0.3) is 11.5 Å². The summed E-state index contributed by atoms with van der Waals surface area (Å²) in [5, 5.41) is 6.75. The molecular weight excluding hydrogens is 270 g/mol. The number of nitrogens with zero attached hydrogens (tertiary/aromatic N) is 2. The topological polar surface area (TPSA) is 73.2 Å². The molecule has 6 nitrogen and oxygen atoms in total. The summed E-state index contributed by atoms with van der Waals surface area (Å²) in [4.78, 5) is 23.4. The third-order valence-corrected chi connectivity index (χ3v) is 2.95. The van der Waals surface area contributed by atoms with Crippen molar-refractivity contribution in [1.29, 1.82) is 0 Å². The standard InChI is InChI=1S/C15H17N3O3/c1-21-13-6-2-5-12(11-13)15(20)16-8-4-10-18-14(19)7-3-9-17-18/h2-3,5-7,9,11H,4,8,10H2,1H3,(H,16,20). The molecule has 2 rings (SSSR count). The van der Waals surface area contributed by atoms with E-state index in [2.05, 4.69) is 10.4 Å². The van der Waals surface area contributed by atoms with Gasteiger partial charge in [-0.3, -0.25) is 9.59 Å². The minimum absolute atomic E-state index is 0.142. The summed E-state index contributed by atoms with van der Waals surface area (Å²) >= 11 is 0. The summed E-state index contributed by atoms with van der Waals surface area (Å²) in [6, 6.07) is 10.0. The van der Waals surface area contributed by atoms with Gasteiger partial charge in [0.05, 0.1) is 7.11 Å². The van der Waals surface area contributed by atoms with Crippen LogP contribution in [0.4, 0.5) is 0 Å². The first-order chi connectivity index (χ1) is 10.2. The lowest BCUT2D eigenvalue weighted by Gasteiger charge is -2.07. The molecule has 1 aromatic heterocycles. The van der Waals surface area contributed by atoms with E-state index in [0.717, 1.165) is 0 Å². The molecule has 0 radical (unpaired) electrons. The van der Waals surface area contributed by atoms with Gasteiger partial charge in [-0.25, -0.2) is 4.68 Å². The summed E-state index contributed by atoms with van der Waals surface area (Å²) in [7, 11) is 1.56. The Hall–Kier alpha value is -2.63. The van der Waals surface area contributed by atoms with Crippen molar-refractivity contribution in [3.8, 4) is 5.75 Å². The highest BCUT2D eigenvalue weighted by molar-refractivity contribution is 5.94. The Morgan fingerprint density at radius 2 is 2.19 bits per heavy atom.